The minimum absolute atomic E-state index is 0.107. The highest BCUT2D eigenvalue weighted by molar-refractivity contribution is 7.80. The molecule has 0 radical (unpaired) electrons. The Morgan fingerprint density at radius 2 is 1.61 bits per heavy atom. The van der Waals surface area contributed by atoms with Crippen LogP contribution in [0.1, 0.15) is 105 Å². The van der Waals surface area contributed by atoms with E-state index < -0.39 is 0 Å². The van der Waals surface area contributed by atoms with Crippen LogP contribution in [-0.4, -0.2) is 25.6 Å². The number of nitrogens with zero attached hydrogens (tertiary/aromatic N) is 3. The van der Waals surface area contributed by atoms with Crippen molar-refractivity contribution < 1.29 is 0 Å². The van der Waals surface area contributed by atoms with Gasteiger partial charge in [0, 0.05) is 29.7 Å². The van der Waals surface area contributed by atoms with Crippen molar-refractivity contribution in [1.82, 2.24) is 19.8 Å². The van der Waals surface area contributed by atoms with Crippen molar-refractivity contribution in [3.05, 3.63) is 53.1 Å². The van der Waals surface area contributed by atoms with E-state index in [2.05, 4.69) is 46.8 Å². The summed E-state index contributed by atoms with van der Waals surface area (Å²) >= 11 is 5.96. The summed E-state index contributed by atoms with van der Waals surface area (Å²) < 4.78 is 2.64. The molecule has 2 aliphatic carbocycles. The van der Waals surface area contributed by atoms with Crippen LogP contribution in [0.15, 0.2) is 30.5 Å². The number of nitrogens with one attached hydrogen (secondary N) is 1. The Bertz CT molecular complexity index is 909. The lowest BCUT2D eigenvalue weighted by molar-refractivity contribution is 0.196. The van der Waals surface area contributed by atoms with E-state index in [1.165, 1.54) is 81.2 Å². The minimum atomic E-state index is 0.107. The van der Waals surface area contributed by atoms with E-state index in [1.807, 2.05) is 12.3 Å². The van der Waals surface area contributed by atoms with Crippen LogP contribution in [0.2, 0.25) is 0 Å². The van der Waals surface area contributed by atoms with Gasteiger partial charge < -0.3 is 14.8 Å². The van der Waals surface area contributed by atoms with Crippen LogP contribution in [0.25, 0.3) is 0 Å². The van der Waals surface area contributed by atoms with E-state index in [-0.39, 0.29) is 12.1 Å². The van der Waals surface area contributed by atoms with Gasteiger partial charge in [0.2, 0.25) is 0 Å². The quantitative estimate of drug-likeness (QED) is 0.569. The molecule has 4 nitrogen and oxygen atoms in total. The number of rotatable bonds is 4. The standard InChI is InChI=1S/C26H36N4S/c1-18-17-22(19(2)29(18)20-11-5-3-6-12-20)25-24(23-15-9-10-16-27-23)28-26(31)30(25)21-13-7-4-8-14-21/h9-10,15-17,20-21,24-25H,3-8,11-14H2,1-2H3,(H,28,31)/t24-,25+/m0/s1. The summed E-state index contributed by atoms with van der Waals surface area (Å²) in [5, 5.41) is 4.60. The van der Waals surface area contributed by atoms with Gasteiger partial charge in [-0.25, -0.2) is 0 Å². The van der Waals surface area contributed by atoms with Crippen molar-refractivity contribution in [3.8, 4) is 0 Å². The summed E-state index contributed by atoms with van der Waals surface area (Å²) in [5.74, 6) is 0. The fourth-order valence-corrected chi connectivity index (χ4v) is 6.84. The predicted octanol–water partition coefficient (Wildman–Crippen LogP) is 6.31. The molecular weight excluding hydrogens is 400 g/mol. The second kappa shape index (κ2) is 8.93. The summed E-state index contributed by atoms with van der Waals surface area (Å²) in [6.45, 7) is 4.64. The third kappa shape index (κ3) is 3.90. The van der Waals surface area contributed by atoms with Crippen molar-refractivity contribution in [2.24, 2.45) is 0 Å². The zero-order valence-corrected chi connectivity index (χ0v) is 19.8. The van der Waals surface area contributed by atoms with Crippen LogP contribution in [0.3, 0.4) is 0 Å². The highest BCUT2D eigenvalue weighted by Gasteiger charge is 2.44. The number of hydrogen-bond acceptors (Lipinski definition) is 2. The number of hydrogen-bond donors (Lipinski definition) is 1. The summed E-state index contributed by atoms with van der Waals surface area (Å²) in [6, 6.07) is 10.2. The molecule has 5 heteroatoms. The fourth-order valence-electron chi connectivity index (χ4n) is 6.45. The second-order valence-corrected chi connectivity index (χ2v) is 10.2. The monoisotopic (exact) mass is 436 g/mol. The maximum atomic E-state index is 5.96. The van der Waals surface area contributed by atoms with Crippen molar-refractivity contribution in [2.75, 3.05) is 0 Å². The van der Waals surface area contributed by atoms with Gasteiger partial charge in [0.1, 0.15) is 0 Å². The topological polar surface area (TPSA) is 33.1 Å². The molecule has 3 heterocycles. The van der Waals surface area contributed by atoms with Gasteiger partial charge in [-0.15, -0.1) is 0 Å². The first-order valence-electron chi connectivity index (χ1n) is 12.3. The Balaban J connectivity index is 1.57. The van der Waals surface area contributed by atoms with Crippen molar-refractivity contribution in [1.29, 1.82) is 0 Å². The Morgan fingerprint density at radius 3 is 2.26 bits per heavy atom. The van der Waals surface area contributed by atoms with Crippen LogP contribution in [-0.2, 0) is 0 Å². The molecule has 0 aromatic carbocycles. The Hall–Kier alpha value is -1.88. The zero-order valence-electron chi connectivity index (χ0n) is 19.0. The van der Waals surface area contributed by atoms with Crippen LogP contribution in [0, 0.1) is 13.8 Å². The molecule has 3 fully saturated rings. The first kappa shape index (κ1) is 21.0. The minimum Gasteiger partial charge on any atom is -0.352 e. The summed E-state index contributed by atoms with van der Waals surface area (Å²) in [7, 11) is 0. The first-order valence-corrected chi connectivity index (χ1v) is 12.7. The molecular formula is C26H36N4S. The second-order valence-electron chi connectivity index (χ2n) is 9.81. The van der Waals surface area contributed by atoms with Crippen LogP contribution < -0.4 is 5.32 Å². The zero-order chi connectivity index (χ0) is 21.4. The predicted molar refractivity (Wildman–Crippen MR) is 130 cm³/mol. The van der Waals surface area contributed by atoms with Crippen LogP contribution >= 0.6 is 12.2 Å². The molecule has 2 aromatic heterocycles. The summed E-state index contributed by atoms with van der Waals surface area (Å²) in [5.41, 5.74) is 5.37. The third-order valence-corrected chi connectivity index (χ3v) is 8.21. The molecule has 2 atom stereocenters. The lowest BCUT2D eigenvalue weighted by Crippen LogP contribution is -2.40. The van der Waals surface area contributed by atoms with Gasteiger partial charge in [0.25, 0.3) is 0 Å². The Kier molecular flexibility index (Phi) is 6.05. The Labute approximate surface area is 192 Å². The molecule has 5 rings (SSSR count). The Morgan fingerprint density at radius 1 is 0.935 bits per heavy atom. The van der Waals surface area contributed by atoms with E-state index >= 15 is 0 Å². The smallest absolute Gasteiger partial charge is 0.170 e. The first-order chi connectivity index (χ1) is 15.1. The maximum Gasteiger partial charge on any atom is 0.170 e. The van der Waals surface area contributed by atoms with Gasteiger partial charge >= 0.3 is 0 Å². The fraction of sp³-hybridized carbons (Fsp3) is 0.615. The lowest BCUT2D eigenvalue weighted by atomic mass is 9.90. The van der Waals surface area contributed by atoms with Gasteiger partial charge in [-0.3, -0.25) is 4.98 Å². The number of aromatic nitrogens is 2. The van der Waals surface area contributed by atoms with Gasteiger partial charge in [-0.05, 0) is 75.5 Å². The van der Waals surface area contributed by atoms with Crippen molar-refractivity contribution >= 4 is 17.3 Å². The molecule has 31 heavy (non-hydrogen) atoms. The summed E-state index contributed by atoms with van der Waals surface area (Å²) in [6.07, 6.45) is 15.1. The highest BCUT2D eigenvalue weighted by Crippen LogP contribution is 2.45. The molecule has 0 unspecified atom stereocenters. The largest absolute Gasteiger partial charge is 0.352 e. The molecule has 0 spiro atoms. The highest BCUT2D eigenvalue weighted by atomic mass is 32.1. The number of aryl methyl sites for hydroxylation is 1. The number of thiocarbonyl (C=S) groups is 1. The molecule has 1 N–H and O–H groups in total. The van der Waals surface area contributed by atoms with E-state index in [1.54, 1.807) is 0 Å². The van der Waals surface area contributed by atoms with E-state index in [9.17, 15) is 0 Å². The van der Waals surface area contributed by atoms with Gasteiger partial charge in [-0.2, -0.15) is 0 Å². The SMILES string of the molecule is Cc1cc([C@@H]2[C@H](c3ccccn3)NC(=S)N2C2CCCCC2)c(C)n1C1CCCCC1. The summed E-state index contributed by atoms with van der Waals surface area (Å²) in [4.78, 5) is 7.30. The van der Waals surface area contributed by atoms with Crippen molar-refractivity contribution in [2.45, 2.75) is 102 Å². The molecule has 2 saturated carbocycles. The average molecular weight is 437 g/mol. The molecule has 1 aliphatic heterocycles. The van der Waals surface area contributed by atoms with Gasteiger partial charge in [-0.1, -0.05) is 44.6 Å². The molecule has 166 valence electrons. The molecule has 2 aromatic rings. The maximum absolute atomic E-state index is 5.96. The average Bonchev–Trinajstić information content (AvgIpc) is 3.30. The van der Waals surface area contributed by atoms with Gasteiger partial charge in [0.15, 0.2) is 5.11 Å². The third-order valence-electron chi connectivity index (χ3n) is 7.89. The molecule has 1 saturated heterocycles. The van der Waals surface area contributed by atoms with E-state index in [0.29, 0.717) is 12.1 Å². The molecule has 0 bridgehead atoms. The van der Waals surface area contributed by atoms with E-state index in [0.717, 1.165) is 10.8 Å². The van der Waals surface area contributed by atoms with Crippen LogP contribution in [0.4, 0.5) is 0 Å². The number of pyridine rings is 1. The van der Waals surface area contributed by atoms with Crippen LogP contribution in [0.5, 0.6) is 0 Å². The molecule has 0 amide bonds. The van der Waals surface area contributed by atoms with E-state index in [4.69, 9.17) is 17.2 Å². The van der Waals surface area contributed by atoms with Crippen molar-refractivity contribution in [3.63, 3.8) is 0 Å². The normalized spacial score (nSPS) is 25.7. The molecule has 3 aliphatic rings. The lowest BCUT2D eigenvalue weighted by Gasteiger charge is -2.37. The van der Waals surface area contributed by atoms with Gasteiger partial charge in [0.05, 0.1) is 17.8 Å².